The molecule has 4 amide bonds. The second kappa shape index (κ2) is 7.99. The number of imide groups is 1. The Kier molecular flexibility index (Phi) is 5.41. The van der Waals surface area contributed by atoms with E-state index in [0.29, 0.717) is 13.1 Å². The van der Waals surface area contributed by atoms with Crippen LogP contribution in [-0.4, -0.2) is 77.4 Å². The van der Waals surface area contributed by atoms with Crippen LogP contribution >= 0.6 is 0 Å². The van der Waals surface area contributed by atoms with E-state index in [0.717, 1.165) is 37.4 Å². The fourth-order valence-electron chi connectivity index (χ4n) is 4.11. The van der Waals surface area contributed by atoms with Crippen molar-refractivity contribution in [1.29, 1.82) is 0 Å². The Labute approximate surface area is 171 Å². The molecule has 0 bridgehead atoms. The minimum atomic E-state index is -0.832. The van der Waals surface area contributed by atoms with Crippen molar-refractivity contribution in [1.82, 2.24) is 20.0 Å². The van der Waals surface area contributed by atoms with Gasteiger partial charge in [0.15, 0.2) is 0 Å². The molecule has 1 N–H and O–H groups in total. The molecule has 2 aliphatic heterocycles. The van der Waals surface area contributed by atoms with Crippen LogP contribution in [0.25, 0.3) is 6.08 Å². The van der Waals surface area contributed by atoms with E-state index in [-0.39, 0.29) is 24.3 Å². The number of carbonyl (C=O) groups excluding carboxylic acids is 3. The lowest BCUT2D eigenvalue weighted by atomic mass is 9.96. The Balaban J connectivity index is 1.24. The lowest BCUT2D eigenvalue weighted by Gasteiger charge is -2.34. The van der Waals surface area contributed by atoms with Gasteiger partial charge in [0.25, 0.3) is 5.91 Å². The Morgan fingerprint density at radius 1 is 1.14 bits per heavy atom. The lowest BCUT2D eigenvalue weighted by molar-refractivity contribution is -0.140. The molecule has 0 spiro atoms. The van der Waals surface area contributed by atoms with E-state index in [1.165, 1.54) is 5.56 Å². The fourth-order valence-corrected chi connectivity index (χ4v) is 4.11. The highest BCUT2D eigenvalue weighted by molar-refractivity contribution is 6.09. The Hall–Kier alpha value is -2.67. The third-order valence-corrected chi connectivity index (χ3v) is 6.19. The maximum atomic E-state index is 12.7. The molecule has 1 unspecified atom stereocenters. The number of rotatable bonds is 6. The van der Waals surface area contributed by atoms with Crippen LogP contribution in [0.3, 0.4) is 0 Å². The summed E-state index contributed by atoms with van der Waals surface area (Å²) >= 11 is 0. The molecule has 154 valence electrons. The number of hydrogen-bond donors (Lipinski definition) is 1. The number of urea groups is 1. The number of nitrogens with one attached hydrogen (secondary N) is 1. The van der Waals surface area contributed by atoms with Crippen molar-refractivity contribution in [3.8, 4) is 0 Å². The number of amides is 4. The van der Waals surface area contributed by atoms with E-state index in [1.807, 2.05) is 18.2 Å². The molecule has 3 fully saturated rings. The summed E-state index contributed by atoms with van der Waals surface area (Å²) in [5.74, 6) is -0.220. The third-order valence-electron chi connectivity index (χ3n) is 6.19. The quantitative estimate of drug-likeness (QED) is 0.741. The van der Waals surface area contributed by atoms with Crippen molar-refractivity contribution in [2.75, 3.05) is 39.3 Å². The molecule has 0 radical (unpaired) electrons. The van der Waals surface area contributed by atoms with Crippen molar-refractivity contribution in [3.05, 3.63) is 42.0 Å². The zero-order chi connectivity index (χ0) is 20.4. The predicted molar refractivity (Wildman–Crippen MR) is 110 cm³/mol. The Morgan fingerprint density at radius 3 is 2.48 bits per heavy atom. The van der Waals surface area contributed by atoms with Gasteiger partial charge in [0.1, 0.15) is 12.1 Å². The number of hydrogen-bond acceptors (Lipinski definition) is 4. The van der Waals surface area contributed by atoms with Crippen molar-refractivity contribution < 1.29 is 14.4 Å². The molecule has 7 heteroatoms. The number of carbonyl (C=O) groups is 3. The van der Waals surface area contributed by atoms with Crippen molar-refractivity contribution >= 4 is 23.9 Å². The van der Waals surface area contributed by atoms with E-state index in [2.05, 4.69) is 34.5 Å². The minimum absolute atomic E-state index is 0.159. The summed E-state index contributed by atoms with van der Waals surface area (Å²) in [6.07, 6.45) is 6.14. The molecule has 1 atom stereocenters. The highest BCUT2D eigenvalue weighted by atomic mass is 16.2. The van der Waals surface area contributed by atoms with Crippen LogP contribution in [0.2, 0.25) is 0 Å². The standard InChI is InChI=1S/C22H28N4O3/c1-22(18-9-10-18)20(28)26(21(29)23-22)16-19(27)25-14-12-24(13-15-25)11-5-8-17-6-3-2-4-7-17/h2-8,18H,9-16H2,1H3,(H,23,29)/b8-5+. The second-order valence-electron chi connectivity index (χ2n) is 8.29. The smallest absolute Gasteiger partial charge is 0.325 e. The topological polar surface area (TPSA) is 73.0 Å². The summed E-state index contributed by atoms with van der Waals surface area (Å²) < 4.78 is 0. The maximum Gasteiger partial charge on any atom is 0.325 e. The SMILES string of the molecule is CC1(C2CC2)NC(=O)N(CC(=O)N2CCN(C/C=C/c3ccccc3)CC2)C1=O. The van der Waals surface area contributed by atoms with Crippen LogP contribution in [0.1, 0.15) is 25.3 Å². The van der Waals surface area contributed by atoms with Gasteiger partial charge in [-0.2, -0.15) is 0 Å². The summed E-state index contributed by atoms with van der Waals surface area (Å²) in [5, 5.41) is 2.79. The van der Waals surface area contributed by atoms with E-state index in [4.69, 9.17) is 0 Å². The van der Waals surface area contributed by atoms with Gasteiger partial charge >= 0.3 is 6.03 Å². The average Bonchev–Trinajstić information content (AvgIpc) is 3.55. The van der Waals surface area contributed by atoms with Crippen molar-refractivity contribution in [2.45, 2.75) is 25.3 Å². The van der Waals surface area contributed by atoms with Gasteiger partial charge in [-0.25, -0.2) is 4.79 Å². The van der Waals surface area contributed by atoms with Crippen LogP contribution in [0.4, 0.5) is 4.79 Å². The molecule has 1 saturated carbocycles. The molecule has 0 aromatic heterocycles. The van der Waals surface area contributed by atoms with Crippen LogP contribution < -0.4 is 5.32 Å². The molecule has 1 aromatic carbocycles. The Bertz CT molecular complexity index is 813. The van der Waals surface area contributed by atoms with Gasteiger partial charge in [0, 0.05) is 32.7 Å². The van der Waals surface area contributed by atoms with Crippen molar-refractivity contribution in [2.24, 2.45) is 5.92 Å². The predicted octanol–water partition coefficient (Wildman–Crippen LogP) is 1.56. The van der Waals surface area contributed by atoms with Crippen LogP contribution in [0.5, 0.6) is 0 Å². The van der Waals surface area contributed by atoms with Crippen LogP contribution in [0.15, 0.2) is 36.4 Å². The molecule has 7 nitrogen and oxygen atoms in total. The van der Waals surface area contributed by atoms with Gasteiger partial charge in [0.2, 0.25) is 5.91 Å². The fraction of sp³-hybridized carbons (Fsp3) is 0.500. The molecular weight excluding hydrogens is 368 g/mol. The molecular formula is C22H28N4O3. The zero-order valence-electron chi connectivity index (χ0n) is 16.8. The summed E-state index contributed by atoms with van der Waals surface area (Å²) in [4.78, 5) is 42.7. The molecule has 29 heavy (non-hydrogen) atoms. The summed E-state index contributed by atoms with van der Waals surface area (Å²) in [6, 6.07) is 9.72. The molecule has 3 aliphatic rings. The first-order valence-corrected chi connectivity index (χ1v) is 10.3. The second-order valence-corrected chi connectivity index (χ2v) is 8.29. The van der Waals surface area contributed by atoms with Gasteiger partial charge in [0.05, 0.1) is 0 Å². The summed E-state index contributed by atoms with van der Waals surface area (Å²) in [6.45, 7) is 5.24. The molecule has 2 heterocycles. The third kappa shape index (κ3) is 4.19. The van der Waals surface area contributed by atoms with Crippen molar-refractivity contribution in [3.63, 3.8) is 0 Å². The van der Waals surface area contributed by atoms with E-state index >= 15 is 0 Å². The highest BCUT2D eigenvalue weighted by Crippen LogP contribution is 2.42. The number of piperazine rings is 1. The zero-order valence-corrected chi connectivity index (χ0v) is 16.8. The summed E-state index contributed by atoms with van der Waals surface area (Å²) in [7, 11) is 0. The first-order chi connectivity index (χ1) is 14.0. The van der Waals surface area contributed by atoms with Gasteiger partial charge < -0.3 is 10.2 Å². The van der Waals surface area contributed by atoms with Crippen LogP contribution in [-0.2, 0) is 9.59 Å². The van der Waals surface area contributed by atoms with Gasteiger partial charge in [-0.1, -0.05) is 42.5 Å². The first-order valence-electron chi connectivity index (χ1n) is 10.3. The lowest BCUT2D eigenvalue weighted by Crippen LogP contribution is -2.52. The summed E-state index contributed by atoms with van der Waals surface area (Å²) in [5.41, 5.74) is 0.342. The van der Waals surface area contributed by atoms with Gasteiger partial charge in [-0.15, -0.1) is 0 Å². The maximum absolute atomic E-state index is 12.7. The van der Waals surface area contributed by atoms with Gasteiger partial charge in [-0.05, 0) is 31.2 Å². The van der Waals surface area contributed by atoms with Gasteiger partial charge in [-0.3, -0.25) is 19.4 Å². The van der Waals surface area contributed by atoms with E-state index in [1.54, 1.807) is 11.8 Å². The average molecular weight is 396 g/mol. The molecule has 4 rings (SSSR count). The number of benzene rings is 1. The number of nitrogens with zero attached hydrogens (tertiary/aromatic N) is 3. The molecule has 1 aliphatic carbocycles. The van der Waals surface area contributed by atoms with E-state index < -0.39 is 11.6 Å². The normalized spacial score (nSPS) is 25.7. The minimum Gasteiger partial charge on any atom is -0.339 e. The monoisotopic (exact) mass is 396 g/mol. The first kappa shape index (κ1) is 19.6. The highest BCUT2D eigenvalue weighted by Gasteiger charge is 2.56. The van der Waals surface area contributed by atoms with E-state index in [9.17, 15) is 14.4 Å². The molecule has 1 aromatic rings. The largest absolute Gasteiger partial charge is 0.339 e. The van der Waals surface area contributed by atoms with Crippen LogP contribution in [0, 0.1) is 5.92 Å². The Morgan fingerprint density at radius 2 is 1.83 bits per heavy atom. The molecule has 2 saturated heterocycles.